The third kappa shape index (κ3) is 3.49. The zero-order valence-electron chi connectivity index (χ0n) is 8.71. The zero-order valence-corrected chi connectivity index (χ0v) is 8.71. The van der Waals surface area contributed by atoms with E-state index in [1.807, 2.05) is 13.8 Å². The van der Waals surface area contributed by atoms with E-state index in [0.717, 1.165) is 19.6 Å². The van der Waals surface area contributed by atoms with Crippen molar-refractivity contribution in [3.05, 3.63) is 11.6 Å². The van der Waals surface area contributed by atoms with E-state index in [9.17, 15) is 0 Å². The van der Waals surface area contributed by atoms with Crippen LogP contribution in [0.25, 0.3) is 0 Å². The van der Waals surface area contributed by atoms with Gasteiger partial charge in [0.2, 0.25) is 0 Å². The van der Waals surface area contributed by atoms with Crippen LogP contribution >= 0.6 is 0 Å². The SMILES string of the molecule is CCOC(OCC)C1=CCCCC1. The summed E-state index contributed by atoms with van der Waals surface area (Å²) >= 11 is 0. The first-order valence-electron chi connectivity index (χ1n) is 5.30. The van der Waals surface area contributed by atoms with Gasteiger partial charge in [-0.15, -0.1) is 0 Å². The molecule has 0 heterocycles. The second-order valence-corrected chi connectivity index (χ2v) is 3.27. The summed E-state index contributed by atoms with van der Waals surface area (Å²) in [5.74, 6) is 0. The molecule has 0 amide bonds. The van der Waals surface area contributed by atoms with Gasteiger partial charge in [-0.25, -0.2) is 0 Å². The number of allylic oxidation sites excluding steroid dienone is 1. The van der Waals surface area contributed by atoms with Gasteiger partial charge in [0.1, 0.15) is 0 Å². The Kier molecular flexibility index (Phi) is 5.09. The molecule has 0 bridgehead atoms. The molecule has 0 saturated heterocycles. The molecule has 76 valence electrons. The zero-order chi connectivity index (χ0) is 9.52. The van der Waals surface area contributed by atoms with E-state index in [1.54, 1.807) is 0 Å². The minimum atomic E-state index is -0.0738. The van der Waals surface area contributed by atoms with E-state index < -0.39 is 0 Å². The van der Waals surface area contributed by atoms with Crippen molar-refractivity contribution >= 4 is 0 Å². The molecule has 0 aromatic heterocycles. The molecule has 0 spiro atoms. The summed E-state index contributed by atoms with van der Waals surface area (Å²) in [4.78, 5) is 0. The molecule has 0 fully saturated rings. The molecule has 13 heavy (non-hydrogen) atoms. The highest BCUT2D eigenvalue weighted by atomic mass is 16.7. The molecule has 2 nitrogen and oxygen atoms in total. The highest BCUT2D eigenvalue weighted by Gasteiger charge is 2.15. The van der Waals surface area contributed by atoms with Gasteiger partial charge in [0, 0.05) is 13.2 Å². The maximum atomic E-state index is 5.53. The molecule has 0 N–H and O–H groups in total. The minimum absolute atomic E-state index is 0.0738. The summed E-state index contributed by atoms with van der Waals surface area (Å²) in [5.41, 5.74) is 1.34. The van der Waals surface area contributed by atoms with Crippen LogP contribution in [-0.2, 0) is 9.47 Å². The molecule has 1 rings (SSSR count). The number of hydrogen-bond acceptors (Lipinski definition) is 2. The van der Waals surface area contributed by atoms with E-state index in [0.29, 0.717) is 0 Å². The van der Waals surface area contributed by atoms with Crippen molar-refractivity contribution in [2.75, 3.05) is 13.2 Å². The summed E-state index contributed by atoms with van der Waals surface area (Å²) in [5, 5.41) is 0. The molecule has 0 unspecified atom stereocenters. The fraction of sp³-hybridized carbons (Fsp3) is 0.818. The number of hydrogen-bond donors (Lipinski definition) is 0. The first-order chi connectivity index (χ1) is 6.38. The monoisotopic (exact) mass is 184 g/mol. The third-order valence-electron chi connectivity index (χ3n) is 2.26. The minimum Gasteiger partial charge on any atom is -0.349 e. The highest BCUT2D eigenvalue weighted by molar-refractivity contribution is 5.08. The van der Waals surface area contributed by atoms with E-state index in [1.165, 1.54) is 24.8 Å². The maximum Gasteiger partial charge on any atom is 0.179 e. The van der Waals surface area contributed by atoms with Crippen LogP contribution in [-0.4, -0.2) is 19.5 Å². The Morgan fingerprint density at radius 3 is 2.38 bits per heavy atom. The van der Waals surface area contributed by atoms with Crippen molar-refractivity contribution in [3.8, 4) is 0 Å². The summed E-state index contributed by atoms with van der Waals surface area (Å²) in [6.07, 6.45) is 7.13. The van der Waals surface area contributed by atoms with Crippen LogP contribution in [0.3, 0.4) is 0 Å². The Morgan fingerprint density at radius 1 is 1.23 bits per heavy atom. The highest BCUT2D eigenvalue weighted by Crippen LogP contribution is 2.22. The van der Waals surface area contributed by atoms with Gasteiger partial charge in [0.05, 0.1) is 0 Å². The van der Waals surface area contributed by atoms with E-state index in [4.69, 9.17) is 9.47 Å². The summed E-state index contributed by atoms with van der Waals surface area (Å²) in [6.45, 7) is 5.47. The molecular formula is C11H20O2. The second kappa shape index (κ2) is 6.17. The van der Waals surface area contributed by atoms with Gasteiger partial charge in [-0.05, 0) is 45.1 Å². The lowest BCUT2D eigenvalue weighted by Gasteiger charge is -2.22. The summed E-state index contributed by atoms with van der Waals surface area (Å²) in [7, 11) is 0. The van der Waals surface area contributed by atoms with Gasteiger partial charge in [-0.2, -0.15) is 0 Å². The fourth-order valence-corrected chi connectivity index (χ4v) is 1.64. The predicted octanol–water partition coefficient (Wildman–Crippen LogP) is 2.89. The molecule has 0 saturated carbocycles. The van der Waals surface area contributed by atoms with Gasteiger partial charge in [-0.3, -0.25) is 0 Å². The Hall–Kier alpha value is -0.340. The molecule has 0 atom stereocenters. The normalized spacial score (nSPS) is 17.6. The van der Waals surface area contributed by atoms with Crippen molar-refractivity contribution < 1.29 is 9.47 Å². The fourth-order valence-electron chi connectivity index (χ4n) is 1.64. The lowest BCUT2D eigenvalue weighted by Crippen LogP contribution is -2.21. The van der Waals surface area contributed by atoms with Crippen molar-refractivity contribution in [1.29, 1.82) is 0 Å². The number of rotatable bonds is 5. The molecule has 0 radical (unpaired) electrons. The number of ether oxygens (including phenoxy) is 2. The van der Waals surface area contributed by atoms with Gasteiger partial charge in [0.15, 0.2) is 6.29 Å². The molecule has 2 heteroatoms. The standard InChI is InChI=1S/C11H20O2/c1-3-12-11(13-4-2)10-8-6-5-7-9-10/h8,11H,3-7,9H2,1-2H3. The van der Waals surface area contributed by atoms with Crippen LogP contribution in [0.2, 0.25) is 0 Å². The molecule has 0 aromatic rings. The van der Waals surface area contributed by atoms with E-state index in [-0.39, 0.29) is 6.29 Å². The Bertz CT molecular complexity index is 157. The van der Waals surface area contributed by atoms with Crippen molar-refractivity contribution in [1.82, 2.24) is 0 Å². The van der Waals surface area contributed by atoms with Crippen LogP contribution in [0.1, 0.15) is 39.5 Å². The van der Waals surface area contributed by atoms with Crippen molar-refractivity contribution in [3.63, 3.8) is 0 Å². The van der Waals surface area contributed by atoms with Crippen molar-refractivity contribution in [2.45, 2.75) is 45.8 Å². The molecular weight excluding hydrogens is 164 g/mol. The average Bonchev–Trinajstić information content (AvgIpc) is 2.19. The molecule has 1 aliphatic rings. The van der Waals surface area contributed by atoms with Gasteiger partial charge in [0.25, 0.3) is 0 Å². The third-order valence-corrected chi connectivity index (χ3v) is 2.26. The van der Waals surface area contributed by atoms with E-state index >= 15 is 0 Å². The summed E-state index contributed by atoms with van der Waals surface area (Å²) < 4.78 is 11.1. The molecule has 0 aromatic carbocycles. The first kappa shape index (κ1) is 10.7. The average molecular weight is 184 g/mol. The Morgan fingerprint density at radius 2 is 1.92 bits per heavy atom. The van der Waals surface area contributed by atoms with Gasteiger partial charge >= 0.3 is 0 Å². The smallest absolute Gasteiger partial charge is 0.179 e. The Balaban J connectivity index is 2.46. The second-order valence-electron chi connectivity index (χ2n) is 3.27. The molecule has 0 aliphatic heterocycles. The topological polar surface area (TPSA) is 18.5 Å². The van der Waals surface area contributed by atoms with Crippen LogP contribution in [0.5, 0.6) is 0 Å². The van der Waals surface area contributed by atoms with Crippen LogP contribution in [0.15, 0.2) is 11.6 Å². The lowest BCUT2D eigenvalue weighted by atomic mass is 9.99. The van der Waals surface area contributed by atoms with Crippen LogP contribution < -0.4 is 0 Å². The van der Waals surface area contributed by atoms with Gasteiger partial charge < -0.3 is 9.47 Å². The van der Waals surface area contributed by atoms with Gasteiger partial charge in [-0.1, -0.05) is 6.08 Å². The summed E-state index contributed by atoms with van der Waals surface area (Å²) in [6, 6.07) is 0. The van der Waals surface area contributed by atoms with Crippen LogP contribution in [0.4, 0.5) is 0 Å². The lowest BCUT2D eigenvalue weighted by molar-refractivity contribution is -0.113. The molecule has 1 aliphatic carbocycles. The maximum absolute atomic E-state index is 5.53. The Labute approximate surface area is 80.9 Å². The van der Waals surface area contributed by atoms with E-state index in [2.05, 4.69) is 6.08 Å². The first-order valence-corrected chi connectivity index (χ1v) is 5.30. The van der Waals surface area contributed by atoms with Crippen molar-refractivity contribution in [2.24, 2.45) is 0 Å². The largest absolute Gasteiger partial charge is 0.349 e. The van der Waals surface area contributed by atoms with Crippen LogP contribution in [0, 0.1) is 0 Å². The predicted molar refractivity (Wildman–Crippen MR) is 53.6 cm³/mol. The quantitative estimate of drug-likeness (QED) is 0.483.